The van der Waals surface area contributed by atoms with E-state index in [2.05, 4.69) is 69.4 Å². The molecule has 0 amide bonds. The summed E-state index contributed by atoms with van der Waals surface area (Å²) in [5.41, 5.74) is 0. The van der Waals surface area contributed by atoms with E-state index in [0.29, 0.717) is 0 Å². The molecule has 0 atom stereocenters. The van der Waals surface area contributed by atoms with Crippen molar-refractivity contribution in [3.63, 3.8) is 0 Å². The van der Waals surface area contributed by atoms with Gasteiger partial charge in [-0.2, -0.15) is 7.20 Å². The van der Waals surface area contributed by atoms with Crippen molar-refractivity contribution in [1.82, 2.24) is 0 Å². The van der Waals surface area contributed by atoms with Crippen molar-refractivity contribution in [2.75, 3.05) is 21.9 Å². The van der Waals surface area contributed by atoms with Gasteiger partial charge in [0, 0.05) is 0 Å². The van der Waals surface area contributed by atoms with Gasteiger partial charge in [0.05, 0.1) is 8.07 Å². The van der Waals surface area contributed by atoms with Crippen molar-refractivity contribution in [3.8, 4) is 0 Å². The first-order valence-electron chi connectivity index (χ1n) is 3.23. The van der Waals surface area contributed by atoms with Crippen molar-refractivity contribution in [2.45, 2.75) is 13.1 Å². The third kappa shape index (κ3) is 6.72. The van der Waals surface area contributed by atoms with Crippen LogP contribution in [-0.2, 0) is 0 Å². The molecule has 0 saturated heterocycles. The van der Waals surface area contributed by atoms with E-state index in [4.69, 9.17) is 0 Å². The van der Waals surface area contributed by atoms with E-state index < -0.39 is 8.07 Å². The van der Waals surface area contributed by atoms with Gasteiger partial charge in [0.1, 0.15) is 0 Å². The molecule has 4 heteroatoms. The van der Waals surface area contributed by atoms with E-state index >= 15 is 0 Å². The van der Waals surface area contributed by atoms with E-state index in [-0.39, 0.29) is 7.20 Å². The molecule has 0 aliphatic heterocycles. The maximum Gasteiger partial charge on any atom is 0.0669 e. The Hall–Kier alpha value is 2.03. The topological polar surface area (TPSA) is 0 Å². The van der Waals surface area contributed by atoms with Crippen LogP contribution in [0.15, 0.2) is 0 Å². The van der Waals surface area contributed by atoms with Crippen LogP contribution in [0.2, 0.25) is 13.1 Å². The van der Waals surface area contributed by atoms with Gasteiger partial charge in [-0.15, -0.1) is 0 Å². The van der Waals surface area contributed by atoms with Crippen LogP contribution in [0, 0.1) is 0 Å². The van der Waals surface area contributed by atoms with Gasteiger partial charge in [-0.05, 0) is 43.1 Å². The molecule has 0 aliphatic carbocycles. The van der Waals surface area contributed by atoms with Gasteiger partial charge in [-0.1, -0.05) is 35.7 Å². The zero-order valence-corrected chi connectivity index (χ0v) is 13.2. The Morgan fingerprint density at radius 1 is 1.30 bits per heavy atom. The van der Waals surface area contributed by atoms with E-state index in [1.54, 1.807) is 0 Å². The highest BCUT2D eigenvalue weighted by Crippen LogP contribution is 2.50. The lowest BCUT2D eigenvalue weighted by Crippen LogP contribution is -2.34. The lowest BCUT2D eigenvalue weighted by molar-refractivity contribution is 1.66. The molecule has 0 unspecified atom stereocenters. The predicted molar refractivity (Wildman–Crippen MR) is 74.7 cm³/mol. The molecular formula is C6H16I2SSi. The third-order valence-electron chi connectivity index (χ3n) is 1.10. The number of hydrogen-bond acceptors (Lipinski definition) is 0. The van der Waals surface area contributed by atoms with Crippen molar-refractivity contribution in [2.24, 2.45) is 0 Å². The number of rotatable bonds is 3. The average Bonchev–Trinajstić information content (AvgIpc) is 1.60. The third-order valence-corrected chi connectivity index (χ3v) is 16.7. The lowest BCUT2D eigenvalue weighted by atomic mass is 11.7. The smallest absolute Gasteiger partial charge is 0.0669 e. The molecule has 0 saturated carbocycles. The summed E-state index contributed by atoms with van der Waals surface area (Å²) in [6.07, 6.45) is 4.82. The summed E-state index contributed by atoms with van der Waals surface area (Å²) >= 11 is 5.18. The number of halogens is 2. The quantitative estimate of drug-likeness (QED) is 0.385. The second-order valence-electron chi connectivity index (χ2n) is 3.85. The van der Waals surface area contributed by atoms with Gasteiger partial charge in [0.2, 0.25) is 0 Å². The minimum Gasteiger partial charge on any atom is -0.196 e. The Balaban J connectivity index is 3.89. The van der Waals surface area contributed by atoms with Crippen LogP contribution in [0.1, 0.15) is 0 Å². The number of alkyl halides is 1. The highest BCUT2D eigenvalue weighted by Gasteiger charge is 2.24. The SMILES string of the molecule is C[Si](C)(CI)CS(C)(C)I. The van der Waals surface area contributed by atoms with Gasteiger partial charge in [0.25, 0.3) is 0 Å². The molecule has 0 aliphatic rings. The first-order valence-corrected chi connectivity index (χ1v) is 13.3. The van der Waals surface area contributed by atoms with Gasteiger partial charge < -0.3 is 0 Å². The van der Waals surface area contributed by atoms with Gasteiger partial charge in [0.15, 0.2) is 0 Å². The second-order valence-corrected chi connectivity index (χ2v) is 21.8. The molecule has 64 valence electrons. The molecule has 0 rings (SSSR count). The minimum absolute atomic E-state index is 0.267. The largest absolute Gasteiger partial charge is 0.196 e. The average molecular weight is 402 g/mol. The van der Waals surface area contributed by atoms with Crippen LogP contribution in [-0.4, -0.2) is 30.0 Å². The van der Waals surface area contributed by atoms with E-state index in [1.807, 2.05) is 0 Å². The molecule has 0 nitrogen and oxygen atoms in total. The van der Waals surface area contributed by atoms with Crippen LogP contribution >= 0.6 is 51.0 Å². The fourth-order valence-electron chi connectivity index (χ4n) is 0.968. The molecule has 0 fully saturated rings. The molecule has 0 aromatic heterocycles. The van der Waals surface area contributed by atoms with E-state index in [9.17, 15) is 0 Å². The van der Waals surface area contributed by atoms with Crippen molar-refractivity contribution in [3.05, 3.63) is 0 Å². The van der Waals surface area contributed by atoms with Gasteiger partial charge in [-0.25, -0.2) is 0 Å². The van der Waals surface area contributed by atoms with Gasteiger partial charge in [-0.3, -0.25) is 0 Å². The Kier molecular flexibility index (Phi) is 5.19. The Labute approximate surface area is 93.0 Å². The maximum absolute atomic E-state index is 2.64. The predicted octanol–water partition coefficient (Wildman–Crippen LogP) is 3.62. The summed E-state index contributed by atoms with van der Waals surface area (Å²) in [5.74, 6) is 0. The Morgan fingerprint density at radius 2 is 1.70 bits per heavy atom. The van der Waals surface area contributed by atoms with E-state index in [0.717, 1.165) is 0 Å². The van der Waals surface area contributed by atoms with Crippen LogP contribution in [0.5, 0.6) is 0 Å². The molecule has 0 N–H and O–H groups in total. The molecule has 0 radical (unpaired) electrons. The van der Waals surface area contributed by atoms with Crippen molar-refractivity contribution < 1.29 is 0 Å². The second kappa shape index (κ2) is 4.32. The monoisotopic (exact) mass is 402 g/mol. The first-order chi connectivity index (χ1) is 4.27. The molecule has 0 aromatic carbocycles. The maximum atomic E-state index is 2.64. The molecule has 0 spiro atoms. The zero-order chi connectivity index (χ0) is 8.41. The van der Waals surface area contributed by atoms with Crippen molar-refractivity contribution in [1.29, 1.82) is 0 Å². The minimum atomic E-state index is -0.796. The molecule has 10 heavy (non-hydrogen) atoms. The van der Waals surface area contributed by atoms with Crippen LogP contribution in [0.25, 0.3) is 0 Å². The zero-order valence-electron chi connectivity index (χ0n) is 7.08. The van der Waals surface area contributed by atoms with E-state index in [1.165, 1.54) is 9.43 Å². The summed E-state index contributed by atoms with van der Waals surface area (Å²) in [6.45, 7) is 4.99. The lowest BCUT2D eigenvalue weighted by Gasteiger charge is -2.31. The molecule has 0 bridgehead atoms. The summed E-state index contributed by atoms with van der Waals surface area (Å²) in [4.78, 5) is 0. The highest BCUT2D eigenvalue weighted by atomic mass is 127. The van der Waals surface area contributed by atoms with Crippen LogP contribution in [0.4, 0.5) is 0 Å². The standard InChI is InChI=1S/C6H16I2SSi/c1-9(2,8)6-10(3,4)5-7/h5-6H2,1-4H3. The van der Waals surface area contributed by atoms with Crippen LogP contribution < -0.4 is 0 Å². The van der Waals surface area contributed by atoms with Gasteiger partial charge >= 0.3 is 0 Å². The summed E-state index contributed by atoms with van der Waals surface area (Å²) < 4.78 is 1.41. The number of hydrogen-bond donors (Lipinski definition) is 0. The van der Waals surface area contributed by atoms with Crippen molar-refractivity contribution >= 4 is 59.1 Å². The molecule has 0 heterocycles. The molecular weight excluding hydrogens is 386 g/mol. The summed E-state index contributed by atoms with van der Waals surface area (Å²) in [5, 5.41) is 1.52. The first kappa shape index (κ1) is 12.0. The summed E-state index contributed by atoms with van der Waals surface area (Å²) in [6, 6.07) is 0. The molecule has 0 aromatic rings. The van der Waals surface area contributed by atoms with Crippen LogP contribution in [0.3, 0.4) is 0 Å². The normalized spacial score (nSPS) is 15.4. The highest BCUT2D eigenvalue weighted by molar-refractivity contribution is 14.2. The fourth-order valence-corrected chi connectivity index (χ4v) is 18.3. The Bertz CT molecular complexity index is 109. The fraction of sp³-hybridized carbons (Fsp3) is 1.00. The Morgan fingerprint density at radius 3 is 1.80 bits per heavy atom. The summed E-state index contributed by atoms with van der Waals surface area (Å²) in [7, 11) is -1.06.